The van der Waals surface area contributed by atoms with Gasteiger partial charge in [0.15, 0.2) is 0 Å². The number of carboxylic acid groups (broad SMARTS) is 1. The Labute approximate surface area is 199 Å². The van der Waals surface area contributed by atoms with E-state index in [1.54, 1.807) is 30.1 Å². The van der Waals surface area contributed by atoms with E-state index in [1.165, 1.54) is 4.90 Å². The minimum Gasteiger partial charge on any atom is -0.465 e. The van der Waals surface area contributed by atoms with Crippen LogP contribution in [0.3, 0.4) is 0 Å². The van der Waals surface area contributed by atoms with Gasteiger partial charge in [-0.3, -0.25) is 0 Å². The fraction of sp³-hybridized carbons (Fsp3) is 0.333. The van der Waals surface area contributed by atoms with E-state index >= 15 is 0 Å². The average Bonchev–Trinajstić information content (AvgIpc) is 2.68. The highest BCUT2D eigenvalue weighted by Crippen LogP contribution is 2.37. The summed E-state index contributed by atoms with van der Waals surface area (Å²) in [5, 5.41) is 13.0. The maximum absolute atomic E-state index is 12.8. The highest BCUT2D eigenvalue weighted by Gasteiger charge is 2.39. The number of amides is 3. The standard InChI is InChI=1S/C21H22Cl2IN3O3/c1-26(19(28)25-18-11-15(22)10-16(23)12-18)13-21(14-2-4-17(24)5-3-14)6-8-27(9-7-21)20(29)30/h2-5,10-12H,6-9,13H2,1H3,(H,25,28)(H,29,30). The van der Waals surface area contributed by atoms with Gasteiger partial charge in [0.2, 0.25) is 0 Å². The number of carbonyl (C=O) groups excluding carboxylic acids is 1. The Bertz CT molecular complexity index is 911. The number of urea groups is 1. The van der Waals surface area contributed by atoms with E-state index < -0.39 is 6.09 Å². The van der Waals surface area contributed by atoms with E-state index in [9.17, 15) is 14.7 Å². The second-order valence-corrected chi connectivity index (χ2v) is 9.62. The summed E-state index contributed by atoms with van der Waals surface area (Å²) in [6.07, 6.45) is 0.372. The first kappa shape index (κ1) is 23.0. The van der Waals surface area contributed by atoms with Gasteiger partial charge in [-0.15, -0.1) is 0 Å². The molecular formula is C21H22Cl2IN3O3. The highest BCUT2D eigenvalue weighted by molar-refractivity contribution is 14.1. The number of benzene rings is 2. The van der Waals surface area contributed by atoms with Gasteiger partial charge in [0.1, 0.15) is 0 Å². The van der Waals surface area contributed by atoms with Crippen LogP contribution in [-0.4, -0.2) is 53.7 Å². The van der Waals surface area contributed by atoms with Crippen LogP contribution in [0.2, 0.25) is 10.0 Å². The zero-order valence-electron chi connectivity index (χ0n) is 16.4. The molecule has 9 heteroatoms. The van der Waals surface area contributed by atoms with Crippen LogP contribution in [0.4, 0.5) is 15.3 Å². The van der Waals surface area contributed by atoms with Crippen LogP contribution in [0.15, 0.2) is 42.5 Å². The van der Waals surface area contributed by atoms with E-state index in [0.717, 1.165) is 9.13 Å². The number of hydrogen-bond donors (Lipinski definition) is 2. The van der Waals surface area contributed by atoms with Gasteiger partial charge in [0.25, 0.3) is 0 Å². The third-order valence-corrected chi connectivity index (χ3v) is 6.60. The molecular weight excluding hydrogens is 540 g/mol. The molecule has 1 aliphatic heterocycles. The van der Waals surface area contributed by atoms with Crippen molar-refractivity contribution in [2.75, 3.05) is 32.0 Å². The molecule has 2 N–H and O–H groups in total. The van der Waals surface area contributed by atoms with Crippen molar-refractivity contribution in [1.29, 1.82) is 0 Å². The Morgan fingerprint density at radius 2 is 1.70 bits per heavy atom. The van der Waals surface area contributed by atoms with Crippen molar-refractivity contribution in [2.45, 2.75) is 18.3 Å². The van der Waals surface area contributed by atoms with Gasteiger partial charge in [-0.2, -0.15) is 0 Å². The van der Waals surface area contributed by atoms with Gasteiger partial charge < -0.3 is 20.2 Å². The molecule has 6 nitrogen and oxygen atoms in total. The van der Waals surface area contributed by atoms with Crippen molar-refractivity contribution < 1.29 is 14.7 Å². The summed E-state index contributed by atoms with van der Waals surface area (Å²) in [4.78, 5) is 27.3. The number of carbonyl (C=O) groups is 2. The average molecular weight is 562 g/mol. The fourth-order valence-corrected chi connectivity index (χ4v) is 4.72. The molecule has 30 heavy (non-hydrogen) atoms. The lowest BCUT2D eigenvalue weighted by atomic mass is 9.72. The normalized spacial score (nSPS) is 15.5. The van der Waals surface area contributed by atoms with E-state index in [4.69, 9.17) is 23.2 Å². The number of rotatable bonds is 4. The van der Waals surface area contributed by atoms with E-state index in [2.05, 4.69) is 40.0 Å². The number of hydrogen-bond acceptors (Lipinski definition) is 2. The van der Waals surface area contributed by atoms with Crippen molar-refractivity contribution in [1.82, 2.24) is 9.80 Å². The molecule has 2 aromatic rings. The Morgan fingerprint density at radius 3 is 2.23 bits per heavy atom. The fourth-order valence-electron chi connectivity index (χ4n) is 3.84. The Balaban J connectivity index is 1.79. The summed E-state index contributed by atoms with van der Waals surface area (Å²) in [5.74, 6) is 0. The quantitative estimate of drug-likeness (QED) is 0.465. The Kier molecular flexibility index (Phi) is 7.36. The minimum absolute atomic E-state index is 0.279. The molecule has 0 unspecified atom stereocenters. The summed E-state index contributed by atoms with van der Waals surface area (Å²) in [5.41, 5.74) is 1.31. The lowest BCUT2D eigenvalue weighted by Crippen LogP contribution is -2.51. The first-order valence-electron chi connectivity index (χ1n) is 9.41. The zero-order chi connectivity index (χ0) is 21.9. The molecule has 0 aromatic heterocycles. The molecule has 1 saturated heterocycles. The zero-order valence-corrected chi connectivity index (χ0v) is 20.0. The van der Waals surface area contributed by atoms with Gasteiger partial charge in [-0.25, -0.2) is 9.59 Å². The molecule has 3 rings (SSSR count). The van der Waals surface area contributed by atoms with Gasteiger partial charge in [-0.05, 0) is 71.3 Å². The SMILES string of the molecule is CN(CC1(c2ccc(I)cc2)CCN(C(=O)O)CC1)C(=O)Nc1cc(Cl)cc(Cl)c1. The van der Waals surface area contributed by atoms with Crippen molar-refractivity contribution in [3.8, 4) is 0 Å². The number of anilines is 1. The van der Waals surface area contributed by atoms with Crippen molar-refractivity contribution >= 4 is 63.6 Å². The largest absolute Gasteiger partial charge is 0.465 e. The van der Waals surface area contributed by atoms with Crippen LogP contribution >= 0.6 is 45.8 Å². The van der Waals surface area contributed by atoms with E-state index in [1.807, 2.05) is 12.1 Å². The van der Waals surface area contributed by atoms with Crippen LogP contribution in [-0.2, 0) is 5.41 Å². The van der Waals surface area contributed by atoms with Crippen LogP contribution < -0.4 is 5.32 Å². The molecule has 2 aromatic carbocycles. The molecule has 1 aliphatic rings. The lowest BCUT2D eigenvalue weighted by Gasteiger charge is -2.43. The lowest BCUT2D eigenvalue weighted by molar-refractivity contribution is 0.107. The van der Waals surface area contributed by atoms with Crippen LogP contribution in [0, 0.1) is 3.57 Å². The molecule has 0 aliphatic carbocycles. The smallest absolute Gasteiger partial charge is 0.407 e. The van der Waals surface area contributed by atoms with Crippen molar-refractivity contribution in [2.24, 2.45) is 0 Å². The number of piperidine rings is 1. The predicted molar refractivity (Wildman–Crippen MR) is 128 cm³/mol. The molecule has 0 radical (unpaired) electrons. The van der Waals surface area contributed by atoms with Crippen LogP contribution in [0.25, 0.3) is 0 Å². The summed E-state index contributed by atoms with van der Waals surface area (Å²) < 4.78 is 1.12. The third kappa shape index (κ3) is 5.50. The summed E-state index contributed by atoms with van der Waals surface area (Å²) in [6, 6.07) is 12.8. The van der Waals surface area contributed by atoms with E-state index in [0.29, 0.717) is 48.2 Å². The Hall–Kier alpha value is -1.71. The maximum Gasteiger partial charge on any atom is 0.407 e. The molecule has 0 atom stereocenters. The van der Waals surface area contributed by atoms with Crippen molar-refractivity contribution in [3.05, 3.63) is 61.6 Å². The van der Waals surface area contributed by atoms with Crippen LogP contribution in [0.1, 0.15) is 18.4 Å². The first-order chi connectivity index (χ1) is 14.2. The summed E-state index contributed by atoms with van der Waals surface area (Å²) in [6.45, 7) is 1.32. The third-order valence-electron chi connectivity index (χ3n) is 5.45. The number of halogens is 3. The molecule has 1 heterocycles. The first-order valence-corrected chi connectivity index (χ1v) is 11.2. The van der Waals surface area contributed by atoms with E-state index in [-0.39, 0.29) is 11.4 Å². The minimum atomic E-state index is -0.907. The molecule has 3 amide bonds. The topological polar surface area (TPSA) is 72.9 Å². The second kappa shape index (κ2) is 9.62. The monoisotopic (exact) mass is 561 g/mol. The van der Waals surface area contributed by atoms with Crippen molar-refractivity contribution in [3.63, 3.8) is 0 Å². The molecule has 160 valence electrons. The van der Waals surface area contributed by atoms with Gasteiger partial charge in [-0.1, -0.05) is 35.3 Å². The number of likely N-dealkylation sites (N-methyl/N-ethyl adjacent to an activating group) is 1. The predicted octanol–water partition coefficient (Wildman–Crippen LogP) is 5.77. The molecule has 1 fully saturated rings. The van der Waals surface area contributed by atoms with Crippen LogP contribution in [0.5, 0.6) is 0 Å². The number of nitrogens with zero attached hydrogens (tertiary/aromatic N) is 2. The molecule has 0 bridgehead atoms. The van der Waals surface area contributed by atoms with Gasteiger partial charge in [0, 0.05) is 51.4 Å². The summed E-state index contributed by atoms with van der Waals surface area (Å²) in [7, 11) is 1.74. The second-order valence-electron chi connectivity index (χ2n) is 7.50. The van der Waals surface area contributed by atoms with Gasteiger partial charge >= 0.3 is 12.1 Å². The maximum atomic E-state index is 12.8. The Morgan fingerprint density at radius 1 is 1.13 bits per heavy atom. The number of likely N-dealkylation sites (tertiary alicyclic amines) is 1. The molecule has 0 saturated carbocycles. The highest BCUT2D eigenvalue weighted by atomic mass is 127. The van der Waals surface area contributed by atoms with Gasteiger partial charge in [0.05, 0.1) is 0 Å². The summed E-state index contributed by atoms with van der Waals surface area (Å²) >= 11 is 14.3. The molecule has 0 spiro atoms. The number of nitrogens with one attached hydrogen (secondary N) is 1.